The second-order valence-electron chi connectivity index (χ2n) is 6.35. The molecule has 0 radical (unpaired) electrons. The monoisotopic (exact) mass is 358 g/mol. The highest BCUT2D eigenvalue weighted by Gasteiger charge is 2.31. The molecule has 2 heterocycles. The molecule has 0 bridgehead atoms. The quantitative estimate of drug-likeness (QED) is 0.780. The predicted octanol–water partition coefficient (Wildman–Crippen LogP) is 3.66. The molecule has 0 unspecified atom stereocenters. The van der Waals surface area contributed by atoms with Gasteiger partial charge in [0.1, 0.15) is 12.4 Å². The standard InChI is InChI=1S/C20H26N2O2S/c1-25-20(8-12-23-13-9-20)16-22-14-18-4-2-3-5-19(18)24-15-17-6-10-21-11-7-17/h2-7,10-11,22H,8-9,12-16H2,1H3. The molecule has 0 amide bonds. The molecule has 5 heteroatoms. The molecule has 1 fully saturated rings. The molecule has 1 N–H and O–H groups in total. The largest absolute Gasteiger partial charge is 0.489 e. The van der Waals surface area contributed by atoms with Gasteiger partial charge in [0.05, 0.1) is 0 Å². The van der Waals surface area contributed by atoms with E-state index in [2.05, 4.69) is 28.7 Å². The van der Waals surface area contributed by atoms with Crippen molar-refractivity contribution >= 4 is 11.8 Å². The molecule has 25 heavy (non-hydrogen) atoms. The number of rotatable bonds is 8. The van der Waals surface area contributed by atoms with E-state index in [9.17, 15) is 0 Å². The molecule has 0 saturated carbocycles. The van der Waals surface area contributed by atoms with E-state index < -0.39 is 0 Å². The van der Waals surface area contributed by atoms with E-state index in [0.717, 1.165) is 50.5 Å². The van der Waals surface area contributed by atoms with Crippen LogP contribution in [0.2, 0.25) is 0 Å². The summed E-state index contributed by atoms with van der Waals surface area (Å²) in [6.45, 7) is 4.11. The van der Waals surface area contributed by atoms with Crippen molar-refractivity contribution in [2.24, 2.45) is 0 Å². The van der Waals surface area contributed by atoms with Crippen molar-refractivity contribution in [1.29, 1.82) is 0 Å². The zero-order valence-electron chi connectivity index (χ0n) is 14.7. The fourth-order valence-electron chi connectivity index (χ4n) is 3.05. The van der Waals surface area contributed by atoms with Crippen LogP contribution in [0.5, 0.6) is 5.75 Å². The van der Waals surface area contributed by atoms with Gasteiger partial charge in [-0.3, -0.25) is 4.98 Å². The van der Waals surface area contributed by atoms with Gasteiger partial charge in [0.2, 0.25) is 0 Å². The van der Waals surface area contributed by atoms with Crippen molar-refractivity contribution in [2.75, 3.05) is 26.0 Å². The summed E-state index contributed by atoms with van der Waals surface area (Å²) in [6, 6.07) is 12.2. The first kappa shape index (κ1) is 18.2. The van der Waals surface area contributed by atoms with E-state index >= 15 is 0 Å². The molecule has 134 valence electrons. The van der Waals surface area contributed by atoms with E-state index in [1.54, 1.807) is 12.4 Å². The molecule has 1 saturated heterocycles. The van der Waals surface area contributed by atoms with Crippen LogP contribution in [-0.4, -0.2) is 35.7 Å². The molecule has 1 aliphatic heterocycles. The average molecular weight is 359 g/mol. The maximum atomic E-state index is 6.02. The molecule has 1 aromatic heterocycles. The first-order chi connectivity index (χ1) is 12.3. The number of hydrogen-bond donors (Lipinski definition) is 1. The van der Waals surface area contributed by atoms with Crippen molar-refractivity contribution in [3.05, 3.63) is 59.9 Å². The number of pyridine rings is 1. The van der Waals surface area contributed by atoms with E-state index in [4.69, 9.17) is 9.47 Å². The lowest BCUT2D eigenvalue weighted by molar-refractivity contribution is 0.0771. The number of para-hydroxylation sites is 1. The Balaban J connectivity index is 1.55. The lowest BCUT2D eigenvalue weighted by atomic mass is 9.99. The SMILES string of the molecule is CSC1(CNCc2ccccc2OCc2ccncc2)CCOCC1. The van der Waals surface area contributed by atoms with Crippen molar-refractivity contribution in [3.63, 3.8) is 0 Å². The molecule has 1 aromatic carbocycles. The summed E-state index contributed by atoms with van der Waals surface area (Å²) in [4.78, 5) is 4.04. The number of nitrogens with one attached hydrogen (secondary N) is 1. The van der Waals surface area contributed by atoms with Gasteiger partial charge in [-0.2, -0.15) is 11.8 Å². The first-order valence-corrected chi connectivity index (χ1v) is 9.97. The fourth-order valence-corrected chi connectivity index (χ4v) is 3.87. The summed E-state index contributed by atoms with van der Waals surface area (Å²) in [7, 11) is 0. The summed E-state index contributed by atoms with van der Waals surface area (Å²) in [5.74, 6) is 0.942. The molecule has 2 aromatic rings. The lowest BCUT2D eigenvalue weighted by Crippen LogP contribution is -2.42. The smallest absolute Gasteiger partial charge is 0.124 e. The normalized spacial score (nSPS) is 16.5. The van der Waals surface area contributed by atoms with Crippen LogP contribution in [0.1, 0.15) is 24.0 Å². The van der Waals surface area contributed by atoms with Gasteiger partial charge < -0.3 is 14.8 Å². The van der Waals surface area contributed by atoms with Gasteiger partial charge >= 0.3 is 0 Å². The predicted molar refractivity (Wildman–Crippen MR) is 103 cm³/mol. The molecule has 0 atom stereocenters. The van der Waals surface area contributed by atoms with Crippen LogP contribution in [0, 0.1) is 0 Å². The van der Waals surface area contributed by atoms with Crippen LogP contribution in [0.3, 0.4) is 0 Å². The Labute approximate surface area is 154 Å². The summed E-state index contributed by atoms with van der Waals surface area (Å²) >= 11 is 1.96. The third-order valence-electron chi connectivity index (χ3n) is 4.72. The zero-order chi connectivity index (χ0) is 17.4. The fraction of sp³-hybridized carbons (Fsp3) is 0.450. The molecule has 0 spiro atoms. The molecule has 4 nitrogen and oxygen atoms in total. The second kappa shape index (κ2) is 9.22. The Kier molecular flexibility index (Phi) is 6.73. The van der Waals surface area contributed by atoms with Crippen molar-refractivity contribution in [2.45, 2.75) is 30.7 Å². The molecule has 0 aliphatic carbocycles. The number of nitrogens with zero attached hydrogens (tertiary/aromatic N) is 1. The van der Waals surface area contributed by atoms with E-state index in [1.807, 2.05) is 36.0 Å². The van der Waals surface area contributed by atoms with Crippen LogP contribution >= 0.6 is 11.8 Å². The summed E-state index contributed by atoms with van der Waals surface area (Å²) in [5, 5.41) is 3.64. The van der Waals surface area contributed by atoms with Crippen molar-refractivity contribution in [1.82, 2.24) is 10.3 Å². The third kappa shape index (κ3) is 5.21. The first-order valence-electron chi connectivity index (χ1n) is 8.75. The van der Waals surface area contributed by atoms with Gasteiger partial charge in [0.15, 0.2) is 0 Å². The Morgan fingerprint density at radius 3 is 2.68 bits per heavy atom. The van der Waals surface area contributed by atoms with Gasteiger partial charge in [-0.1, -0.05) is 18.2 Å². The highest BCUT2D eigenvalue weighted by molar-refractivity contribution is 8.00. The summed E-state index contributed by atoms with van der Waals surface area (Å²) in [5.41, 5.74) is 2.32. The minimum absolute atomic E-state index is 0.297. The Bertz CT molecular complexity index is 645. The van der Waals surface area contributed by atoms with Gasteiger partial charge in [-0.15, -0.1) is 0 Å². The maximum Gasteiger partial charge on any atom is 0.124 e. The summed E-state index contributed by atoms with van der Waals surface area (Å²) in [6.07, 6.45) is 8.02. The Hall–Kier alpha value is -1.56. The number of thioether (sulfide) groups is 1. The van der Waals surface area contributed by atoms with E-state index in [0.29, 0.717) is 11.4 Å². The number of benzene rings is 1. The highest BCUT2D eigenvalue weighted by Crippen LogP contribution is 2.33. The van der Waals surface area contributed by atoms with E-state index in [-0.39, 0.29) is 0 Å². The van der Waals surface area contributed by atoms with Crippen molar-refractivity contribution in [3.8, 4) is 5.75 Å². The highest BCUT2D eigenvalue weighted by atomic mass is 32.2. The maximum absolute atomic E-state index is 6.02. The Morgan fingerprint density at radius 1 is 1.16 bits per heavy atom. The minimum Gasteiger partial charge on any atom is -0.489 e. The molecular formula is C20H26N2O2S. The van der Waals surface area contributed by atoms with Gasteiger partial charge in [-0.25, -0.2) is 0 Å². The van der Waals surface area contributed by atoms with Gasteiger partial charge in [0.25, 0.3) is 0 Å². The van der Waals surface area contributed by atoms with Crippen LogP contribution in [-0.2, 0) is 17.9 Å². The van der Waals surface area contributed by atoms with Crippen LogP contribution in [0.25, 0.3) is 0 Å². The molecular weight excluding hydrogens is 332 g/mol. The third-order valence-corrected chi connectivity index (χ3v) is 6.13. The Morgan fingerprint density at radius 2 is 1.92 bits per heavy atom. The lowest BCUT2D eigenvalue weighted by Gasteiger charge is -2.36. The van der Waals surface area contributed by atoms with Crippen LogP contribution < -0.4 is 10.1 Å². The van der Waals surface area contributed by atoms with Crippen LogP contribution in [0.15, 0.2) is 48.8 Å². The van der Waals surface area contributed by atoms with Gasteiger partial charge in [0, 0.05) is 49.0 Å². The number of aromatic nitrogens is 1. The zero-order valence-corrected chi connectivity index (χ0v) is 15.6. The molecule has 1 aliphatic rings. The van der Waals surface area contributed by atoms with Crippen molar-refractivity contribution < 1.29 is 9.47 Å². The molecule has 3 rings (SSSR count). The number of hydrogen-bond acceptors (Lipinski definition) is 5. The second-order valence-corrected chi connectivity index (χ2v) is 7.63. The van der Waals surface area contributed by atoms with Crippen LogP contribution in [0.4, 0.5) is 0 Å². The van der Waals surface area contributed by atoms with E-state index in [1.165, 1.54) is 5.56 Å². The average Bonchev–Trinajstić information content (AvgIpc) is 2.69. The van der Waals surface area contributed by atoms with Gasteiger partial charge in [-0.05, 0) is 42.9 Å². The topological polar surface area (TPSA) is 43.4 Å². The number of ether oxygens (including phenoxy) is 2. The summed E-state index contributed by atoms with van der Waals surface area (Å²) < 4.78 is 11.8. The minimum atomic E-state index is 0.297.